The van der Waals surface area contributed by atoms with Gasteiger partial charge in [0.2, 0.25) is 0 Å². The summed E-state index contributed by atoms with van der Waals surface area (Å²) in [5.74, 6) is 1.80. The van der Waals surface area contributed by atoms with E-state index in [0.717, 1.165) is 25.3 Å². The predicted molar refractivity (Wildman–Crippen MR) is 80.8 cm³/mol. The summed E-state index contributed by atoms with van der Waals surface area (Å²) < 4.78 is 5.26. The van der Waals surface area contributed by atoms with E-state index in [2.05, 4.69) is 29.2 Å². The van der Waals surface area contributed by atoms with Gasteiger partial charge in [-0.1, -0.05) is 18.2 Å². The summed E-state index contributed by atoms with van der Waals surface area (Å²) in [5, 5.41) is 0. The van der Waals surface area contributed by atoms with Crippen LogP contribution in [0.4, 0.5) is 0 Å². The van der Waals surface area contributed by atoms with Crippen LogP contribution >= 0.6 is 11.8 Å². The lowest BCUT2D eigenvalue weighted by molar-refractivity contribution is -0.144. The van der Waals surface area contributed by atoms with Crippen molar-refractivity contribution >= 4 is 17.7 Å². The smallest absolute Gasteiger partial charge is 0.323 e. The molecule has 4 heteroatoms. The van der Waals surface area contributed by atoms with Gasteiger partial charge in [0.15, 0.2) is 0 Å². The molecule has 0 radical (unpaired) electrons. The number of nitrogens with zero attached hydrogens (tertiary/aromatic N) is 1. The molecule has 2 saturated heterocycles. The summed E-state index contributed by atoms with van der Waals surface area (Å²) in [6.45, 7) is 4.05. The molecule has 3 atom stereocenters. The Bertz CT molecular complexity index is 465. The van der Waals surface area contributed by atoms with Gasteiger partial charge in [0.1, 0.15) is 12.1 Å². The topological polar surface area (TPSA) is 29.5 Å². The first-order valence-corrected chi connectivity index (χ1v) is 8.33. The van der Waals surface area contributed by atoms with E-state index in [1.165, 1.54) is 11.3 Å². The van der Waals surface area contributed by atoms with Crippen molar-refractivity contribution in [1.82, 2.24) is 4.90 Å². The van der Waals surface area contributed by atoms with Crippen LogP contribution in [0.15, 0.2) is 35.2 Å². The third-order valence-corrected chi connectivity index (χ3v) is 5.38. The van der Waals surface area contributed by atoms with Gasteiger partial charge in [0, 0.05) is 23.6 Å². The lowest BCUT2D eigenvalue weighted by Crippen LogP contribution is -2.36. The van der Waals surface area contributed by atoms with Crippen LogP contribution in [0.2, 0.25) is 0 Å². The number of thioether (sulfide) groups is 1. The van der Waals surface area contributed by atoms with E-state index in [9.17, 15) is 4.79 Å². The Kier molecular flexibility index (Phi) is 4.32. The zero-order valence-corrected chi connectivity index (χ0v) is 12.6. The molecule has 0 bridgehead atoms. The average molecular weight is 291 g/mol. The molecule has 3 nitrogen and oxygen atoms in total. The zero-order valence-electron chi connectivity index (χ0n) is 11.8. The maximum atomic E-state index is 11.8. The number of rotatable bonds is 4. The van der Waals surface area contributed by atoms with E-state index in [4.69, 9.17) is 4.74 Å². The minimum absolute atomic E-state index is 0.0109. The molecule has 0 aromatic heterocycles. The Morgan fingerprint density at radius 1 is 1.35 bits per heavy atom. The molecule has 2 aliphatic rings. The number of esters is 1. The van der Waals surface area contributed by atoms with Crippen LogP contribution in [0.5, 0.6) is 0 Å². The fourth-order valence-electron chi connectivity index (χ4n) is 3.05. The predicted octanol–water partition coefficient (Wildman–Crippen LogP) is 2.80. The summed E-state index contributed by atoms with van der Waals surface area (Å²) in [4.78, 5) is 15.4. The molecular weight excluding hydrogens is 270 g/mol. The Labute approximate surface area is 124 Å². The quantitative estimate of drug-likeness (QED) is 0.630. The normalized spacial score (nSPS) is 30.6. The van der Waals surface area contributed by atoms with Crippen LogP contribution in [0.1, 0.15) is 19.8 Å². The second-order valence-electron chi connectivity index (χ2n) is 5.77. The molecule has 0 aliphatic carbocycles. The number of carbonyl (C=O) groups is 1. The molecule has 1 aromatic rings. The van der Waals surface area contributed by atoms with E-state index < -0.39 is 0 Å². The van der Waals surface area contributed by atoms with E-state index in [0.29, 0.717) is 5.92 Å². The van der Waals surface area contributed by atoms with Crippen molar-refractivity contribution < 1.29 is 9.53 Å². The van der Waals surface area contributed by atoms with Crippen molar-refractivity contribution in [3.63, 3.8) is 0 Å². The Morgan fingerprint density at radius 2 is 2.15 bits per heavy atom. The van der Waals surface area contributed by atoms with E-state index in [1.807, 2.05) is 24.8 Å². The second kappa shape index (κ2) is 6.19. The lowest BCUT2D eigenvalue weighted by Gasteiger charge is -2.20. The van der Waals surface area contributed by atoms with Gasteiger partial charge in [-0.15, -0.1) is 11.8 Å². The highest BCUT2D eigenvalue weighted by molar-refractivity contribution is 7.99. The summed E-state index contributed by atoms with van der Waals surface area (Å²) in [6, 6.07) is 10.5. The van der Waals surface area contributed by atoms with Crippen LogP contribution in [0.3, 0.4) is 0 Å². The van der Waals surface area contributed by atoms with Crippen molar-refractivity contribution in [3.05, 3.63) is 30.3 Å². The van der Waals surface area contributed by atoms with E-state index in [1.54, 1.807) is 0 Å². The van der Waals surface area contributed by atoms with Crippen LogP contribution in [0, 0.1) is 5.92 Å². The molecule has 1 aromatic carbocycles. The molecule has 3 rings (SSSR count). The molecule has 0 N–H and O–H groups in total. The minimum Gasteiger partial charge on any atom is -0.461 e. The molecule has 2 fully saturated rings. The van der Waals surface area contributed by atoms with Crippen LogP contribution in [-0.2, 0) is 9.53 Å². The fraction of sp³-hybridized carbons (Fsp3) is 0.562. The monoisotopic (exact) mass is 291 g/mol. The third-order valence-electron chi connectivity index (χ3n) is 4.13. The first-order valence-electron chi connectivity index (χ1n) is 7.35. The number of benzene rings is 1. The number of carbonyl (C=O) groups excluding carboxylic acids is 1. The van der Waals surface area contributed by atoms with Crippen LogP contribution < -0.4 is 0 Å². The van der Waals surface area contributed by atoms with Gasteiger partial charge in [0.25, 0.3) is 0 Å². The maximum absolute atomic E-state index is 11.8. The molecule has 0 amide bonds. The SMILES string of the molecule is C[C@@H]1C[C@@H](N2CC[C@@H](CSc3ccccc3)C2)C(=O)O1. The van der Waals surface area contributed by atoms with Gasteiger partial charge in [-0.3, -0.25) is 9.69 Å². The van der Waals surface area contributed by atoms with Crippen molar-refractivity contribution in [2.24, 2.45) is 5.92 Å². The number of cyclic esters (lactones) is 1. The Hall–Kier alpha value is -1.00. The standard InChI is InChI=1S/C16H21NO2S/c1-12-9-15(16(18)19-12)17-8-7-13(10-17)11-20-14-5-3-2-4-6-14/h2-6,12-13,15H,7-11H2,1H3/t12-,13-,15-/m1/s1. The van der Waals surface area contributed by atoms with Gasteiger partial charge in [-0.25, -0.2) is 0 Å². The minimum atomic E-state index is -0.0196. The number of ether oxygens (including phenoxy) is 1. The van der Waals surface area contributed by atoms with Gasteiger partial charge in [0.05, 0.1) is 0 Å². The molecule has 108 valence electrons. The number of hydrogen-bond acceptors (Lipinski definition) is 4. The first kappa shape index (κ1) is 14.0. The number of likely N-dealkylation sites (tertiary alicyclic amines) is 1. The van der Waals surface area contributed by atoms with Gasteiger partial charge >= 0.3 is 5.97 Å². The largest absolute Gasteiger partial charge is 0.461 e. The molecule has 2 heterocycles. The third kappa shape index (κ3) is 3.18. The maximum Gasteiger partial charge on any atom is 0.323 e. The van der Waals surface area contributed by atoms with Crippen molar-refractivity contribution in [1.29, 1.82) is 0 Å². The Balaban J connectivity index is 1.49. The summed E-state index contributed by atoms with van der Waals surface area (Å²) in [7, 11) is 0. The second-order valence-corrected chi connectivity index (χ2v) is 6.87. The molecule has 0 spiro atoms. The highest BCUT2D eigenvalue weighted by Crippen LogP contribution is 2.29. The summed E-state index contributed by atoms with van der Waals surface area (Å²) >= 11 is 1.92. The average Bonchev–Trinajstić information content (AvgIpc) is 3.04. The molecule has 2 aliphatic heterocycles. The summed E-state index contributed by atoms with van der Waals surface area (Å²) in [6.07, 6.45) is 2.14. The van der Waals surface area contributed by atoms with Gasteiger partial charge in [-0.05, 0) is 37.9 Å². The van der Waals surface area contributed by atoms with E-state index in [-0.39, 0.29) is 18.1 Å². The summed E-state index contributed by atoms with van der Waals surface area (Å²) in [5.41, 5.74) is 0. The van der Waals surface area contributed by atoms with Crippen molar-refractivity contribution in [2.75, 3.05) is 18.8 Å². The molecule has 0 saturated carbocycles. The van der Waals surface area contributed by atoms with Crippen LogP contribution in [-0.4, -0.2) is 41.9 Å². The zero-order chi connectivity index (χ0) is 13.9. The molecule has 20 heavy (non-hydrogen) atoms. The van der Waals surface area contributed by atoms with E-state index >= 15 is 0 Å². The highest BCUT2D eigenvalue weighted by atomic mass is 32.2. The highest BCUT2D eigenvalue weighted by Gasteiger charge is 2.39. The molecular formula is C16H21NO2S. The van der Waals surface area contributed by atoms with Crippen molar-refractivity contribution in [2.45, 2.75) is 36.8 Å². The first-order chi connectivity index (χ1) is 9.72. The molecule has 0 unspecified atom stereocenters. The Morgan fingerprint density at radius 3 is 2.85 bits per heavy atom. The lowest BCUT2D eigenvalue weighted by atomic mass is 10.1. The fourth-order valence-corrected chi connectivity index (χ4v) is 4.10. The van der Waals surface area contributed by atoms with Crippen molar-refractivity contribution in [3.8, 4) is 0 Å². The van der Waals surface area contributed by atoms with Gasteiger partial charge in [-0.2, -0.15) is 0 Å². The number of hydrogen-bond donors (Lipinski definition) is 0. The van der Waals surface area contributed by atoms with Gasteiger partial charge < -0.3 is 4.74 Å². The van der Waals surface area contributed by atoms with Crippen LogP contribution in [0.25, 0.3) is 0 Å².